The molecule has 0 heterocycles. The summed E-state index contributed by atoms with van der Waals surface area (Å²) in [6.45, 7) is 4.04. The highest BCUT2D eigenvalue weighted by Gasteiger charge is 2.07. The Morgan fingerprint density at radius 2 is 1.40 bits per heavy atom. The van der Waals surface area contributed by atoms with Crippen molar-refractivity contribution >= 4 is 11.9 Å². The number of ether oxygens (including phenoxy) is 2. The third-order valence-electron chi connectivity index (χ3n) is 3.66. The van der Waals surface area contributed by atoms with Gasteiger partial charge >= 0.3 is 11.9 Å². The van der Waals surface area contributed by atoms with Crippen LogP contribution in [0, 0.1) is 0 Å². The number of hydrogen-bond acceptors (Lipinski definition) is 4. The van der Waals surface area contributed by atoms with E-state index in [4.69, 9.17) is 9.47 Å². The summed E-state index contributed by atoms with van der Waals surface area (Å²) < 4.78 is 10.1. The molecule has 0 aromatic heterocycles. The van der Waals surface area contributed by atoms with Gasteiger partial charge in [-0.3, -0.25) is 0 Å². The summed E-state index contributed by atoms with van der Waals surface area (Å²) in [5, 5.41) is 0. The average Bonchev–Trinajstić information content (AvgIpc) is 2.67. The lowest BCUT2D eigenvalue weighted by molar-refractivity contribution is -0.137. The largest absolute Gasteiger partial charge is 0.463 e. The highest BCUT2D eigenvalue weighted by molar-refractivity contribution is 5.90. The lowest BCUT2D eigenvalue weighted by Crippen LogP contribution is -2.07. The third-order valence-corrected chi connectivity index (χ3v) is 3.66. The fraction of sp³-hybridized carbons (Fsp3) is 0.238. The highest BCUT2D eigenvalue weighted by atomic mass is 16.5. The number of unbranched alkanes of at least 4 members (excludes halogenated alkanes) is 2. The highest BCUT2D eigenvalue weighted by Crippen LogP contribution is 2.19. The van der Waals surface area contributed by atoms with Crippen molar-refractivity contribution in [2.75, 3.05) is 13.2 Å². The third kappa shape index (κ3) is 6.26. The van der Waals surface area contributed by atoms with Crippen molar-refractivity contribution in [3.8, 4) is 11.1 Å². The minimum absolute atomic E-state index is 0.322. The number of hydrogen-bond donors (Lipinski definition) is 0. The number of esters is 2. The Bertz CT molecular complexity index is 690. The van der Waals surface area contributed by atoms with Crippen LogP contribution in [0.5, 0.6) is 0 Å². The lowest BCUT2D eigenvalue weighted by Gasteiger charge is -2.06. The molecule has 0 aliphatic carbocycles. The van der Waals surface area contributed by atoms with Crippen molar-refractivity contribution in [1.82, 2.24) is 0 Å². The first-order valence-corrected chi connectivity index (χ1v) is 8.32. The SMILES string of the molecule is C=CC(=O)OCCCCCOC(=O)c1ccc(-c2ccccc2)cc1. The molecule has 0 amide bonds. The molecule has 0 unspecified atom stereocenters. The van der Waals surface area contributed by atoms with E-state index < -0.39 is 5.97 Å². The normalized spacial score (nSPS) is 10.1. The molecule has 0 aliphatic rings. The molecule has 2 aromatic carbocycles. The maximum atomic E-state index is 12.0. The molecule has 2 aromatic rings. The zero-order valence-corrected chi connectivity index (χ0v) is 14.1. The summed E-state index contributed by atoms with van der Waals surface area (Å²) in [7, 11) is 0. The van der Waals surface area contributed by atoms with E-state index in [1.54, 1.807) is 12.1 Å². The molecular weight excluding hydrogens is 316 g/mol. The second-order valence-corrected chi connectivity index (χ2v) is 5.51. The summed E-state index contributed by atoms with van der Waals surface area (Å²) in [6.07, 6.45) is 3.44. The summed E-state index contributed by atoms with van der Waals surface area (Å²) in [5.74, 6) is -0.733. The van der Waals surface area contributed by atoms with E-state index in [-0.39, 0.29) is 5.97 Å². The van der Waals surface area contributed by atoms with Gasteiger partial charge in [0.1, 0.15) is 0 Å². The lowest BCUT2D eigenvalue weighted by atomic mass is 10.0. The van der Waals surface area contributed by atoms with E-state index >= 15 is 0 Å². The quantitative estimate of drug-likeness (QED) is 0.386. The van der Waals surface area contributed by atoms with Gasteiger partial charge in [-0.05, 0) is 42.5 Å². The van der Waals surface area contributed by atoms with E-state index in [2.05, 4.69) is 6.58 Å². The van der Waals surface area contributed by atoms with Gasteiger partial charge in [-0.2, -0.15) is 0 Å². The Labute approximate surface area is 148 Å². The molecule has 2 rings (SSSR count). The van der Waals surface area contributed by atoms with Crippen LogP contribution < -0.4 is 0 Å². The first-order chi connectivity index (χ1) is 12.2. The summed E-state index contributed by atoms with van der Waals surface area (Å²) in [4.78, 5) is 22.9. The first kappa shape index (κ1) is 18.5. The van der Waals surface area contributed by atoms with Gasteiger partial charge in [0.15, 0.2) is 0 Å². The fourth-order valence-corrected chi connectivity index (χ4v) is 2.29. The van der Waals surface area contributed by atoms with Crippen LogP contribution >= 0.6 is 0 Å². The molecule has 0 fully saturated rings. The molecule has 0 aliphatic heterocycles. The van der Waals surface area contributed by atoms with E-state index in [0.717, 1.165) is 36.5 Å². The summed E-state index contributed by atoms with van der Waals surface area (Å²) in [5.41, 5.74) is 2.71. The van der Waals surface area contributed by atoms with Gasteiger partial charge < -0.3 is 9.47 Å². The summed E-state index contributed by atoms with van der Waals surface area (Å²) in [6, 6.07) is 17.4. The first-order valence-electron chi connectivity index (χ1n) is 8.32. The zero-order chi connectivity index (χ0) is 17.9. The van der Waals surface area contributed by atoms with Crippen LogP contribution in [0.1, 0.15) is 29.6 Å². The number of carbonyl (C=O) groups is 2. The van der Waals surface area contributed by atoms with Crippen molar-refractivity contribution in [2.45, 2.75) is 19.3 Å². The van der Waals surface area contributed by atoms with E-state index in [9.17, 15) is 9.59 Å². The number of carbonyl (C=O) groups excluding carboxylic acids is 2. The maximum Gasteiger partial charge on any atom is 0.338 e. The second-order valence-electron chi connectivity index (χ2n) is 5.51. The molecule has 4 nitrogen and oxygen atoms in total. The molecule has 0 saturated heterocycles. The van der Waals surface area contributed by atoms with Gasteiger partial charge in [0.2, 0.25) is 0 Å². The van der Waals surface area contributed by atoms with Crippen LogP contribution in [-0.4, -0.2) is 25.2 Å². The number of rotatable bonds is 9. The van der Waals surface area contributed by atoms with Gasteiger partial charge in [0.05, 0.1) is 18.8 Å². The van der Waals surface area contributed by atoms with Gasteiger partial charge in [-0.15, -0.1) is 0 Å². The number of benzene rings is 2. The Kier molecular flexibility index (Phi) is 7.44. The Balaban J connectivity index is 1.69. The molecule has 130 valence electrons. The van der Waals surface area contributed by atoms with Crippen LogP contribution in [0.25, 0.3) is 11.1 Å². The molecule has 4 heteroatoms. The topological polar surface area (TPSA) is 52.6 Å². The van der Waals surface area contributed by atoms with Crippen LogP contribution in [0.4, 0.5) is 0 Å². The molecule has 0 radical (unpaired) electrons. The smallest absolute Gasteiger partial charge is 0.338 e. The zero-order valence-electron chi connectivity index (χ0n) is 14.1. The Hall–Kier alpha value is -2.88. The molecule has 25 heavy (non-hydrogen) atoms. The van der Waals surface area contributed by atoms with Gasteiger partial charge in [0.25, 0.3) is 0 Å². The van der Waals surface area contributed by atoms with Gasteiger partial charge in [-0.25, -0.2) is 9.59 Å². The van der Waals surface area contributed by atoms with Crippen LogP contribution in [0.2, 0.25) is 0 Å². The maximum absolute atomic E-state index is 12.0. The second kappa shape index (κ2) is 10.1. The van der Waals surface area contributed by atoms with E-state index in [1.807, 2.05) is 42.5 Å². The Morgan fingerprint density at radius 3 is 2.04 bits per heavy atom. The van der Waals surface area contributed by atoms with Crippen molar-refractivity contribution in [3.63, 3.8) is 0 Å². The van der Waals surface area contributed by atoms with Crippen LogP contribution in [0.3, 0.4) is 0 Å². The monoisotopic (exact) mass is 338 g/mol. The van der Waals surface area contributed by atoms with E-state index in [0.29, 0.717) is 18.8 Å². The fourth-order valence-electron chi connectivity index (χ4n) is 2.29. The molecule has 0 N–H and O–H groups in total. The van der Waals surface area contributed by atoms with Crippen molar-refractivity contribution in [1.29, 1.82) is 0 Å². The molecule has 0 spiro atoms. The van der Waals surface area contributed by atoms with Crippen molar-refractivity contribution in [3.05, 3.63) is 72.8 Å². The molecule has 0 bridgehead atoms. The van der Waals surface area contributed by atoms with Crippen molar-refractivity contribution < 1.29 is 19.1 Å². The van der Waals surface area contributed by atoms with Gasteiger partial charge in [0, 0.05) is 6.08 Å². The molecular formula is C21H22O4. The molecule has 0 saturated carbocycles. The molecule has 0 atom stereocenters. The van der Waals surface area contributed by atoms with Crippen molar-refractivity contribution in [2.24, 2.45) is 0 Å². The minimum atomic E-state index is -0.412. The van der Waals surface area contributed by atoms with Crippen LogP contribution in [-0.2, 0) is 14.3 Å². The standard InChI is InChI=1S/C21H22O4/c1-2-20(22)24-15-7-4-8-16-25-21(23)19-13-11-18(12-14-19)17-9-5-3-6-10-17/h2-3,5-6,9-14H,1,4,7-8,15-16H2. The predicted octanol–water partition coefficient (Wildman–Crippen LogP) is 4.41. The van der Waals surface area contributed by atoms with E-state index in [1.165, 1.54) is 0 Å². The summed E-state index contributed by atoms with van der Waals surface area (Å²) >= 11 is 0. The van der Waals surface area contributed by atoms with Crippen LogP contribution in [0.15, 0.2) is 67.3 Å². The van der Waals surface area contributed by atoms with Gasteiger partial charge in [-0.1, -0.05) is 49.0 Å². The Morgan fingerprint density at radius 1 is 0.800 bits per heavy atom. The predicted molar refractivity (Wildman–Crippen MR) is 97.2 cm³/mol. The minimum Gasteiger partial charge on any atom is -0.463 e. The average molecular weight is 338 g/mol.